The highest BCUT2D eigenvalue weighted by Gasteiger charge is 2.06. The van der Waals surface area contributed by atoms with Crippen molar-refractivity contribution in [1.82, 2.24) is 9.97 Å². The number of aryl methyl sites for hydroxylation is 3. The van der Waals surface area contributed by atoms with E-state index in [1.807, 2.05) is 6.92 Å². The minimum atomic E-state index is -0.756. The summed E-state index contributed by atoms with van der Waals surface area (Å²) in [5.41, 5.74) is 4.38. The smallest absolute Gasteiger partial charge is 0.303 e. The predicted molar refractivity (Wildman–Crippen MR) is 66.1 cm³/mol. The summed E-state index contributed by atoms with van der Waals surface area (Å²) in [5.74, 6) is 0.114. The SMILES string of the molecule is Cc1cc(C)c2nc(CCCC(=O)O)[nH]c2c1. The summed E-state index contributed by atoms with van der Waals surface area (Å²) in [6, 6.07) is 4.17. The molecule has 0 aliphatic rings. The molecule has 0 saturated heterocycles. The fourth-order valence-electron chi connectivity index (χ4n) is 2.05. The number of nitrogens with zero attached hydrogens (tertiary/aromatic N) is 1. The molecule has 1 heterocycles. The fourth-order valence-corrected chi connectivity index (χ4v) is 2.05. The molecule has 1 aromatic carbocycles. The molecule has 4 nitrogen and oxygen atoms in total. The van der Waals surface area contributed by atoms with Crippen LogP contribution in [0.3, 0.4) is 0 Å². The van der Waals surface area contributed by atoms with Crippen LogP contribution in [-0.4, -0.2) is 21.0 Å². The molecule has 1 aromatic heterocycles. The van der Waals surface area contributed by atoms with Gasteiger partial charge in [0.05, 0.1) is 11.0 Å². The largest absolute Gasteiger partial charge is 0.481 e. The average Bonchev–Trinajstić information content (AvgIpc) is 2.60. The number of hydrogen-bond donors (Lipinski definition) is 2. The van der Waals surface area contributed by atoms with Gasteiger partial charge in [-0.1, -0.05) is 6.07 Å². The molecule has 0 aliphatic carbocycles. The summed E-state index contributed by atoms with van der Waals surface area (Å²) < 4.78 is 0. The predicted octanol–water partition coefficient (Wildman–Crippen LogP) is 2.59. The van der Waals surface area contributed by atoms with E-state index in [0.717, 1.165) is 22.4 Å². The number of aliphatic carboxylic acids is 1. The van der Waals surface area contributed by atoms with E-state index in [1.165, 1.54) is 5.56 Å². The van der Waals surface area contributed by atoms with E-state index >= 15 is 0 Å². The lowest BCUT2D eigenvalue weighted by Gasteiger charge is -1.96. The molecule has 17 heavy (non-hydrogen) atoms. The monoisotopic (exact) mass is 232 g/mol. The minimum Gasteiger partial charge on any atom is -0.481 e. The van der Waals surface area contributed by atoms with E-state index in [4.69, 9.17) is 5.11 Å². The molecule has 0 atom stereocenters. The molecular weight excluding hydrogens is 216 g/mol. The molecule has 4 heteroatoms. The van der Waals surface area contributed by atoms with Crippen LogP contribution < -0.4 is 0 Å². The van der Waals surface area contributed by atoms with Crippen molar-refractivity contribution in [2.45, 2.75) is 33.1 Å². The van der Waals surface area contributed by atoms with Crippen molar-refractivity contribution < 1.29 is 9.90 Å². The molecule has 0 saturated carbocycles. The van der Waals surface area contributed by atoms with Crippen LogP contribution in [0, 0.1) is 13.8 Å². The van der Waals surface area contributed by atoms with Crippen LogP contribution in [-0.2, 0) is 11.2 Å². The summed E-state index contributed by atoms with van der Waals surface area (Å²) in [6.45, 7) is 4.09. The van der Waals surface area contributed by atoms with Crippen LogP contribution in [0.1, 0.15) is 29.8 Å². The number of hydrogen-bond acceptors (Lipinski definition) is 2. The Morgan fingerprint density at radius 3 is 2.88 bits per heavy atom. The van der Waals surface area contributed by atoms with Crippen molar-refractivity contribution in [2.75, 3.05) is 0 Å². The second kappa shape index (κ2) is 4.57. The Labute approximate surface area is 99.7 Å². The number of aromatic amines is 1. The number of imidazole rings is 1. The van der Waals surface area contributed by atoms with Crippen molar-refractivity contribution in [3.05, 3.63) is 29.1 Å². The maximum Gasteiger partial charge on any atom is 0.303 e. The van der Waals surface area contributed by atoms with Crippen LogP contribution in [0.2, 0.25) is 0 Å². The van der Waals surface area contributed by atoms with Crippen molar-refractivity contribution in [3.8, 4) is 0 Å². The van der Waals surface area contributed by atoms with Crippen LogP contribution in [0.25, 0.3) is 11.0 Å². The Kier molecular flexibility index (Phi) is 3.13. The zero-order valence-electron chi connectivity index (χ0n) is 10.1. The molecule has 0 unspecified atom stereocenters. The molecule has 0 fully saturated rings. The lowest BCUT2D eigenvalue weighted by molar-refractivity contribution is -0.137. The Bertz CT molecular complexity index is 558. The van der Waals surface area contributed by atoms with E-state index in [2.05, 4.69) is 29.0 Å². The average molecular weight is 232 g/mol. The minimum absolute atomic E-state index is 0.190. The molecule has 0 spiro atoms. The molecule has 2 aromatic rings. The van der Waals surface area contributed by atoms with E-state index in [1.54, 1.807) is 0 Å². The second-order valence-corrected chi connectivity index (χ2v) is 4.41. The van der Waals surface area contributed by atoms with Gasteiger partial charge in [0.1, 0.15) is 5.82 Å². The molecule has 2 rings (SSSR count). The third-order valence-corrected chi connectivity index (χ3v) is 2.77. The van der Waals surface area contributed by atoms with Gasteiger partial charge in [-0.2, -0.15) is 0 Å². The number of nitrogens with one attached hydrogen (secondary N) is 1. The number of fused-ring (bicyclic) bond motifs is 1. The number of rotatable bonds is 4. The quantitative estimate of drug-likeness (QED) is 0.851. The highest BCUT2D eigenvalue weighted by molar-refractivity contribution is 5.79. The molecule has 2 N–H and O–H groups in total. The first kappa shape index (κ1) is 11.6. The summed E-state index contributed by atoms with van der Waals surface area (Å²) in [5, 5.41) is 8.58. The van der Waals surface area contributed by atoms with Crippen molar-refractivity contribution in [2.24, 2.45) is 0 Å². The van der Waals surface area contributed by atoms with Gasteiger partial charge in [0.2, 0.25) is 0 Å². The lowest BCUT2D eigenvalue weighted by atomic mass is 10.1. The number of carboxylic acid groups (broad SMARTS) is 1. The van der Waals surface area contributed by atoms with Crippen LogP contribution in [0.15, 0.2) is 12.1 Å². The van der Waals surface area contributed by atoms with Gasteiger partial charge in [-0.15, -0.1) is 0 Å². The number of benzene rings is 1. The van der Waals surface area contributed by atoms with Crippen molar-refractivity contribution in [1.29, 1.82) is 0 Å². The van der Waals surface area contributed by atoms with Crippen molar-refractivity contribution >= 4 is 17.0 Å². The second-order valence-electron chi connectivity index (χ2n) is 4.41. The summed E-state index contributed by atoms with van der Waals surface area (Å²) in [4.78, 5) is 18.2. The number of aromatic nitrogens is 2. The Hall–Kier alpha value is -1.84. The topological polar surface area (TPSA) is 66.0 Å². The third-order valence-electron chi connectivity index (χ3n) is 2.77. The van der Waals surface area contributed by atoms with Crippen LogP contribution in [0.5, 0.6) is 0 Å². The molecule has 0 amide bonds. The Morgan fingerprint density at radius 1 is 1.41 bits per heavy atom. The normalized spacial score (nSPS) is 10.9. The van der Waals surface area contributed by atoms with E-state index in [9.17, 15) is 4.79 Å². The Balaban J connectivity index is 2.20. The summed E-state index contributed by atoms with van der Waals surface area (Å²) >= 11 is 0. The summed E-state index contributed by atoms with van der Waals surface area (Å²) in [7, 11) is 0. The van der Waals surface area contributed by atoms with Gasteiger partial charge in [0.15, 0.2) is 0 Å². The molecule has 90 valence electrons. The highest BCUT2D eigenvalue weighted by atomic mass is 16.4. The maximum atomic E-state index is 10.4. The van der Waals surface area contributed by atoms with Gasteiger partial charge in [-0.3, -0.25) is 4.79 Å². The fraction of sp³-hybridized carbons (Fsp3) is 0.385. The van der Waals surface area contributed by atoms with Gasteiger partial charge in [0.25, 0.3) is 0 Å². The van der Waals surface area contributed by atoms with Gasteiger partial charge >= 0.3 is 5.97 Å². The number of carboxylic acids is 1. The summed E-state index contributed by atoms with van der Waals surface area (Å²) in [6.07, 6.45) is 1.49. The van der Waals surface area contributed by atoms with Crippen molar-refractivity contribution in [3.63, 3.8) is 0 Å². The van der Waals surface area contributed by atoms with Crippen LogP contribution >= 0.6 is 0 Å². The zero-order chi connectivity index (χ0) is 12.4. The number of carbonyl (C=O) groups is 1. The standard InChI is InChI=1S/C13H16N2O2/c1-8-6-9(2)13-10(7-8)14-11(15-13)4-3-5-12(16)17/h6-7H,3-5H2,1-2H3,(H,14,15)(H,16,17). The Morgan fingerprint density at radius 2 is 2.18 bits per heavy atom. The van der Waals surface area contributed by atoms with Gasteiger partial charge in [-0.05, 0) is 37.5 Å². The van der Waals surface area contributed by atoms with Crippen LogP contribution in [0.4, 0.5) is 0 Å². The zero-order valence-corrected chi connectivity index (χ0v) is 10.1. The van der Waals surface area contributed by atoms with E-state index in [0.29, 0.717) is 12.8 Å². The first-order chi connectivity index (χ1) is 8.06. The van der Waals surface area contributed by atoms with Gasteiger partial charge in [-0.25, -0.2) is 4.98 Å². The first-order valence-corrected chi connectivity index (χ1v) is 5.74. The first-order valence-electron chi connectivity index (χ1n) is 5.74. The van der Waals surface area contributed by atoms with Gasteiger partial charge < -0.3 is 10.1 Å². The highest BCUT2D eigenvalue weighted by Crippen LogP contribution is 2.18. The molecule has 0 aliphatic heterocycles. The molecular formula is C13H16N2O2. The molecule has 0 radical (unpaired) electrons. The number of H-pyrrole nitrogens is 1. The third kappa shape index (κ3) is 2.64. The lowest BCUT2D eigenvalue weighted by Crippen LogP contribution is -1.96. The maximum absolute atomic E-state index is 10.4. The molecule has 0 bridgehead atoms. The van der Waals surface area contributed by atoms with E-state index in [-0.39, 0.29) is 6.42 Å². The van der Waals surface area contributed by atoms with E-state index < -0.39 is 5.97 Å². The van der Waals surface area contributed by atoms with Gasteiger partial charge in [0, 0.05) is 12.8 Å².